The molecule has 14 heavy (non-hydrogen) atoms. The second-order valence-electron chi connectivity index (χ2n) is 2.93. The van der Waals surface area contributed by atoms with Crippen molar-refractivity contribution in [3.05, 3.63) is 23.8 Å². The van der Waals surface area contributed by atoms with Crippen molar-refractivity contribution in [3.8, 4) is 5.75 Å². The SMILES string of the molecule is COc1ccc(C)c(NC(=O)CN)c1. The summed E-state index contributed by atoms with van der Waals surface area (Å²) in [6, 6.07) is 5.49. The lowest BCUT2D eigenvalue weighted by Crippen LogP contribution is -2.22. The molecule has 3 N–H and O–H groups in total. The van der Waals surface area contributed by atoms with Gasteiger partial charge in [-0.3, -0.25) is 4.79 Å². The summed E-state index contributed by atoms with van der Waals surface area (Å²) < 4.78 is 5.04. The van der Waals surface area contributed by atoms with E-state index in [1.54, 1.807) is 13.2 Å². The van der Waals surface area contributed by atoms with Crippen LogP contribution in [0.1, 0.15) is 5.56 Å². The van der Waals surface area contributed by atoms with Crippen molar-refractivity contribution in [1.29, 1.82) is 0 Å². The smallest absolute Gasteiger partial charge is 0.238 e. The zero-order valence-corrected chi connectivity index (χ0v) is 8.33. The van der Waals surface area contributed by atoms with Crippen LogP contribution in [0.3, 0.4) is 0 Å². The molecule has 4 nitrogen and oxygen atoms in total. The molecular weight excluding hydrogens is 180 g/mol. The van der Waals surface area contributed by atoms with Crippen LogP contribution < -0.4 is 15.8 Å². The Kier molecular flexibility index (Phi) is 3.48. The van der Waals surface area contributed by atoms with Gasteiger partial charge in [0.1, 0.15) is 5.75 Å². The maximum atomic E-state index is 11.1. The van der Waals surface area contributed by atoms with E-state index in [2.05, 4.69) is 5.32 Å². The van der Waals surface area contributed by atoms with Gasteiger partial charge in [0.15, 0.2) is 0 Å². The molecule has 0 aromatic heterocycles. The van der Waals surface area contributed by atoms with E-state index in [4.69, 9.17) is 10.5 Å². The quantitative estimate of drug-likeness (QED) is 0.751. The lowest BCUT2D eigenvalue weighted by atomic mass is 10.2. The zero-order chi connectivity index (χ0) is 10.6. The van der Waals surface area contributed by atoms with Crippen LogP contribution in [0.15, 0.2) is 18.2 Å². The van der Waals surface area contributed by atoms with E-state index in [-0.39, 0.29) is 12.5 Å². The molecule has 1 aromatic carbocycles. The van der Waals surface area contributed by atoms with Gasteiger partial charge < -0.3 is 15.8 Å². The third kappa shape index (κ3) is 2.47. The Morgan fingerprint density at radius 3 is 2.86 bits per heavy atom. The number of ether oxygens (including phenoxy) is 1. The second kappa shape index (κ2) is 4.62. The molecule has 0 aliphatic heterocycles. The summed E-state index contributed by atoms with van der Waals surface area (Å²) in [6.07, 6.45) is 0. The number of hydrogen-bond donors (Lipinski definition) is 2. The van der Waals surface area contributed by atoms with Gasteiger partial charge in [-0.2, -0.15) is 0 Å². The van der Waals surface area contributed by atoms with Gasteiger partial charge in [0.25, 0.3) is 0 Å². The molecule has 4 heteroatoms. The van der Waals surface area contributed by atoms with Crippen LogP contribution in [0, 0.1) is 6.92 Å². The van der Waals surface area contributed by atoms with Gasteiger partial charge in [-0.1, -0.05) is 6.07 Å². The average molecular weight is 194 g/mol. The van der Waals surface area contributed by atoms with Crippen LogP contribution in [0.4, 0.5) is 5.69 Å². The topological polar surface area (TPSA) is 64.3 Å². The van der Waals surface area contributed by atoms with Crippen molar-refractivity contribution in [2.24, 2.45) is 5.73 Å². The zero-order valence-electron chi connectivity index (χ0n) is 8.33. The van der Waals surface area contributed by atoms with Crippen LogP contribution in [0.5, 0.6) is 5.75 Å². The Morgan fingerprint density at radius 1 is 1.57 bits per heavy atom. The highest BCUT2D eigenvalue weighted by atomic mass is 16.5. The Bertz CT molecular complexity index is 337. The minimum absolute atomic E-state index is 0.0172. The monoisotopic (exact) mass is 194 g/mol. The number of carbonyl (C=O) groups is 1. The molecule has 0 aliphatic rings. The van der Waals surface area contributed by atoms with Gasteiger partial charge in [-0.15, -0.1) is 0 Å². The molecule has 0 saturated heterocycles. The van der Waals surface area contributed by atoms with E-state index >= 15 is 0 Å². The third-order valence-electron chi connectivity index (χ3n) is 1.90. The Labute approximate surface area is 83.1 Å². The van der Waals surface area contributed by atoms with Crippen LogP contribution in [0.25, 0.3) is 0 Å². The fraction of sp³-hybridized carbons (Fsp3) is 0.300. The van der Waals surface area contributed by atoms with E-state index < -0.39 is 0 Å². The summed E-state index contributed by atoms with van der Waals surface area (Å²) in [7, 11) is 1.58. The van der Waals surface area contributed by atoms with Crippen LogP contribution in [0.2, 0.25) is 0 Å². The third-order valence-corrected chi connectivity index (χ3v) is 1.90. The second-order valence-corrected chi connectivity index (χ2v) is 2.93. The largest absolute Gasteiger partial charge is 0.497 e. The molecule has 76 valence electrons. The molecule has 0 bridgehead atoms. The molecule has 0 radical (unpaired) electrons. The van der Waals surface area contributed by atoms with Gasteiger partial charge in [-0.25, -0.2) is 0 Å². The van der Waals surface area contributed by atoms with Crippen LogP contribution in [-0.4, -0.2) is 19.6 Å². The Hall–Kier alpha value is -1.55. The number of anilines is 1. The van der Waals surface area contributed by atoms with Gasteiger partial charge in [-0.05, 0) is 18.6 Å². The summed E-state index contributed by atoms with van der Waals surface area (Å²) in [4.78, 5) is 11.1. The first-order valence-corrected chi connectivity index (χ1v) is 4.32. The Morgan fingerprint density at radius 2 is 2.29 bits per heavy atom. The number of nitrogens with two attached hydrogens (primary N) is 1. The molecule has 0 saturated carbocycles. The Balaban J connectivity index is 2.89. The molecule has 0 aliphatic carbocycles. The summed E-state index contributed by atoms with van der Waals surface area (Å²) in [5.41, 5.74) is 6.91. The maximum Gasteiger partial charge on any atom is 0.238 e. The number of amides is 1. The van der Waals surface area contributed by atoms with Crippen LogP contribution >= 0.6 is 0 Å². The minimum atomic E-state index is -0.207. The van der Waals surface area contributed by atoms with Gasteiger partial charge in [0.2, 0.25) is 5.91 Å². The summed E-state index contributed by atoms with van der Waals surface area (Å²) in [6.45, 7) is 1.89. The van der Waals surface area contributed by atoms with E-state index in [0.29, 0.717) is 5.75 Å². The molecule has 0 unspecified atom stereocenters. The fourth-order valence-electron chi connectivity index (χ4n) is 1.06. The lowest BCUT2D eigenvalue weighted by Gasteiger charge is -2.08. The molecule has 0 atom stereocenters. The highest BCUT2D eigenvalue weighted by Gasteiger charge is 2.03. The number of hydrogen-bond acceptors (Lipinski definition) is 3. The van der Waals surface area contributed by atoms with Crippen molar-refractivity contribution in [2.45, 2.75) is 6.92 Å². The number of carbonyl (C=O) groups excluding carboxylic acids is 1. The number of nitrogens with one attached hydrogen (secondary N) is 1. The normalized spacial score (nSPS) is 9.64. The summed E-state index contributed by atoms with van der Waals surface area (Å²) in [5.74, 6) is 0.504. The van der Waals surface area contributed by atoms with Crippen molar-refractivity contribution < 1.29 is 9.53 Å². The molecular formula is C10H14N2O2. The predicted molar refractivity (Wildman–Crippen MR) is 55.4 cm³/mol. The van der Waals surface area contributed by atoms with E-state index in [9.17, 15) is 4.79 Å². The van der Waals surface area contributed by atoms with Gasteiger partial charge in [0.05, 0.1) is 13.7 Å². The molecule has 1 aromatic rings. The molecule has 0 fully saturated rings. The van der Waals surface area contributed by atoms with E-state index in [1.165, 1.54) is 0 Å². The maximum absolute atomic E-state index is 11.1. The first-order valence-electron chi connectivity index (χ1n) is 4.32. The summed E-state index contributed by atoms with van der Waals surface area (Å²) >= 11 is 0. The minimum Gasteiger partial charge on any atom is -0.497 e. The molecule has 0 spiro atoms. The van der Waals surface area contributed by atoms with Crippen molar-refractivity contribution >= 4 is 11.6 Å². The fourth-order valence-corrected chi connectivity index (χ4v) is 1.06. The first-order chi connectivity index (χ1) is 6.67. The molecule has 1 amide bonds. The van der Waals surface area contributed by atoms with Crippen molar-refractivity contribution in [1.82, 2.24) is 0 Å². The average Bonchev–Trinajstić information content (AvgIpc) is 2.21. The van der Waals surface area contributed by atoms with E-state index in [0.717, 1.165) is 11.3 Å². The number of aryl methyl sites for hydroxylation is 1. The predicted octanol–water partition coefficient (Wildman–Crippen LogP) is 0.901. The van der Waals surface area contributed by atoms with Crippen molar-refractivity contribution in [2.75, 3.05) is 19.0 Å². The van der Waals surface area contributed by atoms with Gasteiger partial charge in [0, 0.05) is 11.8 Å². The number of methoxy groups -OCH3 is 1. The lowest BCUT2D eigenvalue weighted by molar-refractivity contribution is -0.114. The highest BCUT2D eigenvalue weighted by molar-refractivity contribution is 5.93. The van der Waals surface area contributed by atoms with E-state index in [1.807, 2.05) is 19.1 Å². The van der Waals surface area contributed by atoms with Crippen molar-refractivity contribution in [3.63, 3.8) is 0 Å². The number of rotatable bonds is 3. The standard InChI is InChI=1S/C10H14N2O2/c1-7-3-4-8(14-2)5-9(7)12-10(13)6-11/h3-5H,6,11H2,1-2H3,(H,12,13). The first kappa shape index (κ1) is 10.5. The molecule has 0 heterocycles. The number of benzene rings is 1. The molecule has 1 rings (SSSR count). The van der Waals surface area contributed by atoms with Crippen LogP contribution in [-0.2, 0) is 4.79 Å². The highest BCUT2D eigenvalue weighted by Crippen LogP contribution is 2.21. The summed E-state index contributed by atoms with van der Waals surface area (Å²) in [5, 5.41) is 2.69. The van der Waals surface area contributed by atoms with Gasteiger partial charge >= 0.3 is 0 Å².